The number of aromatic nitrogens is 3. The van der Waals surface area contributed by atoms with E-state index in [2.05, 4.69) is 32.4 Å². The van der Waals surface area contributed by atoms with Gasteiger partial charge in [-0.3, -0.25) is 5.10 Å². The summed E-state index contributed by atoms with van der Waals surface area (Å²) >= 11 is 0. The number of H-pyrrole nitrogens is 1. The molecule has 1 aliphatic heterocycles. The number of pyridine rings is 1. The average Bonchev–Trinajstić information content (AvgIpc) is 3.37. The van der Waals surface area contributed by atoms with E-state index in [1.54, 1.807) is 6.20 Å². The molecule has 1 saturated heterocycles. The molecule has 0 spiro atoms. The van der Waals surface area contributed by atoms with Crippen LogP contribution in [0.25, 0.3) is 11.0 Å². The number of fused-ring (bicyclic) bond motifs is 1. The maximum absolute atomic E-state index is 6.14. The van der Waals surface area contributed by atoms with Gasteiger partial charge >= 0.3 is 0 Å². The van der Waals surface area contributed by atoms with Gasteiger partial charge in [0, 0.05) is 25.0 Å². The Bertz CT molecular complexity index is 807. The Kier molecular flexibility index (Phi) is 11.4. The number of likely N-dealkylation sites (N-methyl/N-ethyl adjacent to an activating group) is 1. The first-order chi connectivity index (χ1) is 14.2. The third kappa shape index (κ3) is 7.06. The number of hydrogen-bond acceptors (Lipinski definition) is 5. The Morgan fingerprint density at radius 3 is 2.62 bits per heavy atom. The third-order valence-corrected chi connectivity index (χ3v) is 4.22. The molecule has 160 valence electrons. The normalized spacial score (nSPS) is 17.2. The fourth-order valence-corrected chi connectivity index (χ4v) is 2.90. The number of rotatable bonds is 6. The van der Waals surface area contributed by atoms with Gasteiger partial charge in [-0.25, -0.2) is 4.98 Å². The number of likely N-dealkylation sites (tertiary alicyclic amines) is 1. The minimum Gasteiger partial charge on any atom is -0.471 e. The molecular weight excluding hydrogens is 362 g/mol. The number of nitrogens with one attached hydrogen (secondary N) is 2. The van der Waals surface area contributed by atoms with Crippen molar-refractivity contribution in [1.29, 1.82) is 0 Å². The number of aromatic amines is 1. The van der Waals surface area contributed by atoms with Crippen LogP contribution in [-0.4, -0.2) is 46.3 Å². The largest absolute Gasteiger partial charge is 0.471 e. The molecular formula is C23H37N5O. The molecule has 0 amide bonds. The van der Waals surface area contributed by atoms with Crippen LogP contribution in [-0.2, 0) is 0 Å². The molecule has 2 aromatic rings. The highest BCUT2D eigenvalue weighted by Gasteiger charge is 2.23. The molecule has 0 aromatic carbocycles. The summed E-state index contributed by atoms with van der Waals surface area (Å²) in [6.07, 6.45) is 13.0. The molecule has 3 rings (SSSR count). The number of ether oxygens (including phenoxy) is 1. The zero-order chi connectivity index (χ0) is 21.6. The highest BCUT2D eigenvalue weighted by atomic mass is 16.5. The summed E-state index contributed by atoms with van der Waals surface area (Å²) in [5.41, 5.74) is 2.65. The Morgan fingerprint density at radius 2 is 2.00 bits per heavy atom. The van der Waals surface area contributed by atoms with E-state index >= 15 is 0 Å². The lowest BCUT2D eigenvalue weighted by atomic mass is 10.2. The molecule has 29 heavy (non-hydrogen) atoms. The van der Waals surface area contributed by atoms with Crippen molar-refractivity contribution < 1.29 is 4.74 Å². The van der Waals surface area contributed by atoms with Gasteiger partial charge in [-0.2, -0.15) is 0 Å². The van der Waals surface area contributed by atoms with Crippen molar-refractivity contribution >= 4 is 16.7 Å². The van der Waals surface area contributed by atoms with E-state index in [0.29, 0.717) is 5.88 Å². The maximum atomic E-state index is 6.14. The van der Waals surface area contributed by atoms with E-state index < -0.39 is 0 Å². The van der Waals surface area contributed by atoms with Gasteiger partial charge in [0.05, 0.1) is 5.69 Å². The number of hydrogen-bond donors (Lipinski definition) is 2. The monoisotopic (exact) mass is 399 g/mol. The molecule has 0 radical (unpaired) electrons. The molecule has 6 nitrogen and oxygen atoms in total. The van der Waals surface area contributed by atoms with E-state index in [-0.39, 0.29) is 6.10 Å². The molecule has 1 atom stereocenters. The predicted octanol–water partition coefficient (Wildman–Crippen LogP) is 5.54. The minimum atomic E-state index is 0.167. The topological polar surface area (TPSA) is 66.1 Å². The maximum Gasteiger partial charge on any atom is 0.244 e. The first-order valence-corrected chi connectivity index (χ1v) is 10.6. The zero-order valence-electron chi connectivity index (χ0n) is 19.0. The summed E-state index contributed by atoms with van der Waals surface area (Å²) in [6, 6.07) is 1.94. The molecule has 3 heterocycles. The lowest BCUT2D eigenvalue weighted by Crippen LogP contribution is -2.21. The van der Waals surface area contributed by atoms with E-state index in [9.17, 15) is 0 Å². The van der Waals surface area contributed by atoms with Crippen molar-refractivity contribution in [1.82, 2.24) is 20.1 Å². The van der Waals surface area contributed by atoms with Crippen LogP contribution < -0.4 is 10.1 Å². The van der Waals surface area contributed by atoms with Gasteiger partial charge in [0.1, 0.15) is 11.5 Å². The Hall–Kier alpha value is -2.60. The van der Waals surface area contributed by atoms with E-state index in [0.717, 1.165) is 41.9 Å². The number of anilines is 1. The summed E-state index contributed by atoms with van der Waals surface area (Å²) < 4.78 is 6.14. The van der Waals surface area contributed by atoms with Gasteiger partial charge in [-0.05, 0) is 39.5 Å². The molecule has 6 heteroatoms. The average molecular weight is 400 g/mol. The lowest BCUT2D eigenvalue weighted by Gasteiger charge is -2.13. The first kappa shape index (κ1) is 24.4. The molecule has 0 aliphatic carbocycles. The second-order valence-corrected chi connectivity index (χ2v) is 6.16. The van der Waals surface area contributed by atoms with Crippen molar-refractivity contribution in [2.45, 2.75) is 54.1 Å². The highest BCUT2D eigenvalue weighted by molar-refractivity contribution is 5.94. The summed E-state index contributed by atoms with van der Waals surface area (Å²) in [6.45, 7) is 14.0. The Balaban J connectivity index is 0.000000989. The molecule has 1 fully saturated rings. The molecule has 2 aromatic heterocycles. The van der Waals surface area contributed by atoms with Crippen molar-refractivity contribution in [3.8, 4) is 5.88 Å². The SMILES string of the molecule is CC.CC.C\C=C/C=C\C(=C/C)Nc1ccnc2[nH]nc(OC3CCN(C)C3)c12. The molecule has 1 unspecified atom stereocenters. The molecule has 0 saturated carbocycles. The van der Waals surface area contributed by atoms with Gasteiger partial charge in [-0.15, -0.1) is 5.10 Å². The van der Waals surface area contributed by atoms with Crippen LogP contribution in [0.15, 0.2) is 48.3 Å². The smallest absolute Gasteiger partial charge is 0.244 e. The van der Waals surface area contributed by atoms with Crippen LogP contribution in [0.2, 0.25) is 0 Å². The molecule has 1 aliphatic rings. The minimum absolute atomic E-state index is 0.167. The van der Waals surface area contributed by atoms with Crippen LogP contribution in [0.5, 0.6) is 5.88 Å². The van der Waals surface area contributed by atoms with Crippen molar-refractivity contribution in [3.05, 3.63) is 48.3 Å². The summed E-state index contributed by atoms with van der Waals surface area (Å²) in [4.78, 5) is 6.63. The van der Waals surface area contributed by atoms with Crippen LogP contribution in [0.3, 0.4) is 0 Å². The highest BCUT2D eigenvalue weighted by Crippen LogP contribution is 2.31. The quantitative estimate of drug-likeness (QED) is 0.624. The van der Waals surface area contributed by atoms with Crippen LogP contribution >= 0.6 is 0 Å². The summed E-state index contributed by atoms with van der Waals surface area (Å²) in [7, 11) is 2.11. The van der Waals surface area contributed by atoms with E-state index in [4.69, 9.17) is 4.74 Å². The summed E-state index contributed by atoms with van der Waals surface area (Å²) in [5.74, 6) is 0.610. The van der Waals surface area contributed by atoms with Gasteiger partial charge in [0.15, 0.2) is 5.65 Å². The van der Waals surface area contributed by atoms with Crippen molar-refractivity contribution in [2.75, 3.05) is 25.5 Å². The van der Waals surface area contributed by atoms with E-state index in [1.807, 2.05) is 78.0 Å². The predicted molar refractivity (Wildman–Crippen MR) is 124 cm³/mol. The molecule has 0 bridgehead atoms. The van der Waals surface area contributed by atoms with Gasteiger partial charge in [-0.1, -0.05) is 52.0 Å². The van der Waals surface area contributed by atoms with Crippen molar-refractivity contribution in [3.63, 3.8) is 0 Å². The zero-order valence-corrected chi connectivity index (χ0v) is 19.0. The fraction of sp³-hybridized carbons (Fsp3) is 0.478. The van der Waals surface area contributed by atoms with Gasteiger partial charge in [0.25, 0.3) is 0 Å². The number of allylic oxidation sites excluding steroid dienone is 5. The van der Waals surface area contributed by atoms with Gasteiger partial charge in [0.2, 0.25) is 5.88 Å². The van der Waals surface area contributed by atoms with Crippen LogP contribution in [0, 0.1) is 0 Å². The second-order valence-electron chi connectivity index (χ2n) is 6.16. The van der Waals surface area contributed by atoms with Crippen LogP contribution in [0.4, 0.5) is 5.69 Å². The third-order valence-electron chi connectivity index (χ3n) is 4.22. The Labute approximate surface area is 175 Å². The van der Waals surface area contributed by atoms with Crippen LogP contribution in [0.1, 0.15) is 48.0 Å². The first-order valence-electron chi connectivity index (χ1n) is 10.6. The summed E-state index contributed by atoms with van der Waals surface area (Å²) in [5, 5.41) is 11.6. The second kappa shape index (κ2) is 13.6. The standard InChI is InChI=1S/C19H25N5O.2C2H6/c1-4-6-7-8-14(5-2)21-16-9-11-20-18-17(16)19(23-22-18)25-15-10-12-24(3)13-15;2*1-2/h4-9,11,15H,10,12-13H2,1-3H3,(H2,20,21,22,23);2*1-2H3/b6-4-,8-7-,14-5+;;. The number of nitrogens with zero attached hydrogens (tertiary/aromatic N) is 3. The molecule has 2 N–H and O–H groups in total. The Morgan fingerprint density at radius 1 is 1.24 bits per heavy atom. The fourth-order valence-electron chi connectivity index (χ4n) is 2.90. The lowest BCUT2D eigenvalue weighted by molar-refractivity contribution is 0.202. The van der Waals surface area contributed by atoms with Crippen molar-refractivity contribution in [2.24, 2.45) is 0 Å². The van der Waals surface area contributed by atoms with E-state index in [1.165, 1.54) is 0 Å². The van der Waals surface area contributed by atoms with Gasteiger partial charge < -0.3 is 15.0 Å².